The number of halogens is 3. The molecule has 1 fully saturated rings. The molecule has 2 amide bonds. The minimum absolute atomic E-state index is 0.0271. The fraction of sp³-hybridized carbons (Fsp3) is 0.227. The van der Waals surface area contributed by atoms with Crippen molar-refractivity contribution in [2.24, 2.45) is 0 Å². The van der Waals surface area contributed by atoms with Crippen LogP contribution >= 0.6 is 0 Å². The Morgan fingerprint density at radius 1 is 1.03 bits per heavy atom. The van der Waals surface area contributed by atoms with Gasteiger partial charge in [0.15, 0.2) is 0 Å². The van der Waals surface area contributed by atoms with Crippen molar-refractivity contribution >= 4 is 23.2 Å². The molecule has 0 spiro atoms. The number of carbonyl (C=O) groups excluding carboxylic acids is 2. The molecule has 2 aromatic carbocycles. The van der Waals surface area contributed by atoms with Crippen molar-refractivity contribution in [1.82, 2.24) is 15.8 Å². The van der Waals surface area contributed by atoms with Gasteiger partial charge < -0.3 is 20.5 Å². The van der Waals surface area contributed by atoms with Crippen LogP contribution in [-0.4, -0.2) is 22.5 Å². The second-order valence-electron chi connectivity index (χ2n) is 7.46. The summed E-state index contributed by atoms with van der Waals surface area (Å²) in [4.78, 5) is 24.7. The lowest BCUT2D eigenvalue weighted by atomic mass is 10.1. The number of carbonyl (C=O) groups is 2. The molecule has 1 aromatic heterocycles. The molecule has 3 aromatic rings. The molecule has 0 radical (unpaired) electrons. The van der Waals surface area contributed by atoms with E-state index in [1.165, 1.54) is 30.5 Å². The highest BCUT2D eigenvalue weighted by Gasteiger charge is 2.51. The van der Waals surface area contributed by atoms with E-state index in [2.05, 4.69) is 21.1 Å². The summed E-state index contributed by atoms with van der Waals surface area (Å²) in [5.74, 6) is -0.796. The molecule has 4 rings (SSSR count). The quantitative estimate of drug-likeness (QED) is 0.512. The minimum atomic E-state index is -4.46. The molecule has 0 aliphatic heterocycles. The second kappa shape index (κ2) is 8.37. The average Bonchev–Trinajstić information content (AvgIpc) is 3.33. The molecule has 0 unspecified atom stereocenters. The standard InChI is InChI=1S/C22H19F3N4O3/c23-22(24,25)16-3-1-2-4-17(16)28-15-7-5-14(6-8-15)13-26-20(31)21(10-11-21)29-19(30)18-9-12-27-32-18/h1-9,12,28H,10-11,13H2,(H,26,31)(H,29,30). The Bertz CT molecular complexity index is 1110. The van der Waals surface area contributed by atoms with Gasteiger partial charge in [0, 0.05) is 18.3 Å². The molecular formula is C22H19F3N4O3. The molecule has 1 heterocycles. The van der Waals surface area contributed by atoms with Crippen LogP contribution in [0.4, 0.5) is 24.5 Å². The summed E-state index contributed by atoms with van der Waals surface area (Å²) in [6, 6.07) is 13.3. The fourth-order valence-electron chi connectivity index (χ4n) is 3.20. The van der Waals surface area contributed by atoms with Gasteiger partial charge in [-0.1, -0.05) is 29.4 Å². The Morgan fingerprint density at radius 2 is 1.75 bits per heavy atom. The molecule has 166 valence electrons. The first-order chi connectivity index (χ1) is 15.3. The maximum absolute atomic E-state index is 13.1. The van der Waals surface area contributed by atoms with Crippen LogP contribution in [0.15, 0.2) is 65.3 Å². The Kier molecular flexibility index (Phi) is 5.60. The van der Waals surface area contributed by atoms with Gasteiger partial charge in [-0.3, -0.25) is 9.59 Å². The first-order valence-electron chi connectivity index (χ1n) is 9.81. The van der Waals surface area contributed by atoms with E-state index >= 15 is 0 Å². The monoisotopic (exact) mass is 444 g/mol. The summed E-state index contributed by atoms with van der Waals surface area (Å²) in [6.45, 7) is 0.207. The number of aromatic nitrogens is 1. The lowest BCUT2D eigenvalue weighted by molar-refractivity contribution is -0.137. The maximum Gasteiger partial charge on any atom is 0.418 e. The van der Waals surface area contributed by atoms with Crippen molar-refractivity contribution in [2.45, 2.75) is 31.1 Å². The van der Waals surface area contributed by atoms with E-state index in [1.54, 1.807) is 24.3 Å². The van der Waals surface area contributed by atoms with E-state index in [1.807, 2.05) is 0 Å². The predicted molar refractivity (Wildman–Crippen MR) is 109 cm³/mol. The molecule has 32 heavy (non-hydrogen) atoms. The SMILES string of the molecule is O=C(NC1(C(=O)NCc2ccc(Nc3ccccc3C(F)(F)F)cc2)CC1)c1ccno1. The van der Waals surface area contributed by atoms with Crippen LogP contribution in [0.3, 0.4) is 0 Å². The lowest BCUT2D eigenvalue weighted by Crippen LogP contribution is -2.48. The first-order valence-corrected chi connectivity index (χ1v) is 9.81. The van der Waals surface area contributed by atoms with Crippen LogP contribution in [0.2, 0.25) is 0 Å². The second-order valence-corrected chi connectivity index (χ2v) is 7.46. The number of rotatable bonds is 7. The van der Waals surface area contributed by atoms with Gasteiger partial charge in [0.05, 0.1) is 17.4 Å². The van der Waals surface area contributed by atoms with Crippen molar-refractivity contribution in [3.63, 3.8) is 0 Å². The summed E-state index contributed by atoms with van der Waals surface area (Å²) in [5, 5.41) is 11.7. The normalized spacial score (nSPS) is 14.5. The van der Waals surface area contributed by atoms with Gasteiger partial charge in [-0.2, -0.15) is 13.2 Å². The molecule has 0 atom stereocenters. The number of para-hydroxylation sites is 1. The summed E-state index contributed by atoms with van der Waals surface area (Å²) in [5.41, 5.74) is -0.523. The van der Waals surface area contributed by atoms with Crippen molar-refractivity contribution in [3.05, 3.63) is 77.7 Å². The number of alkyl halides is 3. The minimum Gasteiger partial charge on any atom is -0.355 e. The third-order valence-electron chi connectivity index (χ3n) is 5.12. The third kappa shape index (κ3) is 4.74. The van der Waals surface area contributed by atoms with Crippen molar-refractivity contribution in [3.8, 4) is 0 Å². The van der Waals surface area contributed by atoms with Crippen molar-refractivity contribution < 1.29 is 27.3 Å². The molecule has 0 saturated heterocycles. The Morgan fingerprint density at radius 3 is 2.38 bits per heavy atom. The van der Waals surface area contributed by atoms with E-state index in [0.29, 0.717) is 18.5 Å². The van der Waals surface area contributed by atoms with E-state index < -0.39 is 23.2 Å². The maximum atomic E-state index is 13.1. The van der Waals surface area contributed by atoms with Gasteiger partial charge in [-0.05, 0) is 42.7 Å². The van der Waals surface area contributed by atoms with E-state index in [-0.39, 0.29) is 23.9 Å². The van der Waals surface area contributed by atoms with Crippen molar-refractivity contribution in [1.29, 1.82) is 0 Å². The molecule has 1 aliphatic carbocycles. The number of benzene rings is 2. The zero-order chi connectivity index (χ0) is 22.8. The van der Waals surface area contributed by atoms with Gasteiger partial charge in [0.2, 0.25) is 11.7 Å². The molecule has 1 saturated carbocycles. The number of anilines is 2. The highest BCUT2D eigenvalue weighted by atomic mass is 19.4. The van der Waals surface area contributed by atoms with Crippen LogP contribution in [0.1, 0.15) is 34.5 Å². The molecule has 1 aliphatic rings. The lowest BCUT2D eigenvalue weighted by Gasteiger charge is -2.17. The average molecular weight is 444 g/mol. The zero-order valence-corrected chi connectivity index (χ0v) is 16.7. The summed E-state index contributed by atoms with van der Waals surface area (Å²) >= 11 is 0. The van der Waals surface area contributed by atoms with Gasteiger partial charge in [0.25, 0.3) is 5.91 Å². The third-order valence-corrected chi connectivity index (χ3v) is 5.12. The topological polar surface area (TPSA) is 96.3 Å². The van der Waals surface area contributed by atoms with Gasteiger partial charge in [-0.25, -0.2) is 0 Å². The zero-order valence-electron chi connectivity index (χ0n) is 16.7. The molecule has 0 bridgehead atoms. The predicted octanol–water partition coefficient (Wildman–Crippen LogP) is 4.02. The Hall–Kier alpha value is -3.82. The van der Waals surface area contributed by atoms with Crippen molar-refractivity contribution in [2.75, 3.05) is 5.32 Å². The summed E-state index contributed by atoms with van der Waals surface area (Å²) in [6.07, 6.45) is -2.09. The number of amides is 2. The molecule has 7 nitrogen and oxygen atoms in total. The van der Waals surface area contributed by atoms with Crippen LogP contribution in [0, 0.1) is 0 Å². The van der Waals surface area contributed by atoms with Gasteiger partial charge in [-0.15, -0.1) is 0 Å². The molecule has 3 N–H and O–H groups in total. The highest BCUT2D eigenvalue weighted by Crippen LogP contribution is 2.37. The largest absolute Gasteiger partial charge is 0.418 e. The smallest absolute Gasteiger partial charge is 0.355 e. The number of hydrogen-bond acceptors (Lipinski definition) is 5. The van der Waals surface area contributed by atoms with E-state index in [9.17, 15) is 22.8 Å². The fourth-order valence-corrected chi connectivity index (χ4v) is 3.20. The Balaban J connectivity index is 1.34. The van der Waals surface area contributed by atoms with Crippen LogP contribution in [0.25, 0.3) is 0 Å². The first kappa shape index (κ1) is 21.4. The number of hydrogen-bond donors (Lipinski definition) is 3. The Labute approximate surface area is 181 Å². The molecular weight excluding hydrogens is 425 g/mol. The van der Waals surface area contributed by atoms with Crippen LogP contribution < -0.4 is 16.0 Å². The number of nitrogens with zero attached hydrogens (tertiary/aromatic N) is 1. The van der Waals surface area contributed by atoms with E-state index in [4.69, 9.17) is 4.52 Å². The number of nitrogens with one attached hydrogen (secondary N) is 3. The van der Waals surface area contributed by atoms with Gasteiger partial charge in [0.1, 0.15) is 5.54 Å². The summed E-state index contributed by atoms with van der Waals surface area (Å²) in [7, 11) is 0. The molecule has 10 heteroatoms. The van der Waals surface area contributed by atoms with Crippen LogP contribution in [-0.2, 0) is 17.5 Å². The highest BCUT2D eigenvalue weighted by molar-refractivity contribution is 5.99. The van der Waals surface area contributed by atoms with E-state index in [0.717, 1.165) is 11.6 Å². The van der Waals surface area contributed by atoms with Gasteiger partial charge >= 0.3 is 6.18 Å². The summed E-state index contributed by atoms with van der Waals surface area (Å²) < 4.78 is 44.2. The van der Waals surface area contributed by atoms with Crippen LogP contribution in [0.5, 0.6) is 0 Å².